The summed E-state index contributed by atoms with van der Waals surface area (Å²) >= 11 is 0. The van der Waals surface area contributed by atoms with Crippen LogP contribution in [0.1, 0.15) is 0 Å². The first-order valence-corrected chi connectivity index (χ1v) is 9.21. The minimum Gasteiger partial charge on any atom is -0.361 e. The maximum atomic E-state index is 11.5. The number of aromatic amines is 1. The topological polar surface area (TPSA) is 127 Å². The Hall–Kier alpha value is -3.30. The molecule has 0 bridgehead atoms. The summed E-state index contributed by atoms with van der Waals surface area (Å²) in [6.45, 7) is 0. The Morgan fingerprint density at radius 3 is 2.73 bits per heavy atom. The van der Waals surface area contributed by atoms with E-state index >= 15 is 0 Å². The van der Waals surface area contributed by atoms with Crippen molar-refractivity contribution in [3.8, 4) is 11.4 Å². The minimum absolute atomic E-state index is 0.00821. The third kappa shape index (κ3) is 3.13. The van der Waals surface area contributed by atoms with Crippen molar-refractivity contribution in [2.45, 2.75) is 4.90 Å². The van der Waals surface area contributed by atoms with Crippen LogP contribution < -0.4 is 10.5 Å². The predicted molar refractivity (Wildman–Crippen MR) is 98.2 cm³/mol. The number of hydrogen-bond donors (Lipinski definition) is 3. The summed E-state index contributed by atoms with van der Waals surface area (Å²) in [5.41, 5.74) is 2.36. The Kier molecular flexibility index (Phi) is 3.86. The van der Waals surface area contributed by atoms with Crippen molar-refractivity contribution in [2.75, 3.05) is 5.32 Å². The minimum atomic E-state index is -3.78. The van der Waals surface area contributed by atoms with Gasteiger partial charge in [-0.3, -0.25) is 0 Å². The van der Waals surface area contributed by atoms with Crippen molar-refractivity contribution in [3.05, 3.63) is 61.1 Å². The van der Waals surface area contributed by atoms with Crippen molar-refractivity contribution in [2.24, 2.45) is 5.14 Å². The van der Waals surface area contributed by atoms with Crippen molar-refractivity contribution >= 4 is 32.6 Å². The van der Waals surface area contributed by atoms with Crippen LogP contribution in [0.15, 0.2) is 66.0 Å². The average molecular weight is 366 g/mol. The number of sulfonamides is 1. The van der Waals surface area contributed by atoms with Crippen molar-refractivity contribution in [3.63, 3.8) is 0 Å². The highest BCUT2D eigenvalue weighted by Crippen LogP contribution is 2.26. The lowest BCUT2D eigenvalue weighted by Gasteiger charge is -2.08. The molecule has 0 atom stereocenters. The molecule has 0 spiro atoms. The molecule has 2 heterocycles. The molecule has 4 rings (SSSR count). The summed E-state index contributed by atoms with van der Waals surface area (Å²) < 4.78 is 23.0. The molecule has 2 aromatic carbocycles. The molecule has 2 aromatic heterocycles. The van der Waals surface area contributed by atoms with E-state index < -0.39 is 10.0 Å². The molecule has 26 heavy (non-hydrogen) atoms. The number of rotatable bonds is 4. The second-order valence-electron chi connectivity index (χ2n) is 5.58. The fraction of sp³-hybridized carbons (Fsp3) is 0. The molecule has 0 aliphatic carbocycles. The predicted octanol–water partition coefficient (Wildman–Crippen LogP) is 2.41. The maximum Gasteiger partial charge on any atom is 0.238 e. The Morgan fingerprint density at radius 2 is 1.88 bits per heavy atom. The summed E-state index contributed by atoms with van der Waals surface area (Å²) in [7, 11) is -3.78. The van der Waals surface area contributed by atoms with Crippen LogP contribution in [0.3, 0.4) is 0 Å². The molecule has 9 heteroatoms. The van der Waals surface area contributed by atoms with E-state index in [9.17, 15) is 8.42 Å². The maximum absolute atomic E-state index is 11.5. The van der Waals surface area contributed by atoms with Crippen LogP contribution in [-0.4, -0.2) is 28.4 Å². The van der Waals surface area contributed by atoms with Crippen LogP contribution in [0.2, 0.25) is 0 Å². The molecule has 0 saturated carbocycles. The summed E-state index contributed by atoms with van der Waals surface area (Å²) in [5, 5.41) is 9.14. The van der Waals surface area contributed by atoms with Crippen LogP contribution in [0.25, 0.3) is 22.3 Å². The van der Waals surface area contributed by atoms with E-state index in [1.165, 1.54) is 18.5 Å². The molecular weight excluding hydrogens is 352 g/mol. The highest BCUT2D eigenvalue weighted by atomic mass is 32.2. The third-order valence-corrected chi connectivity index (χ3v) is 4.74. The summed E-state index contributed by atoms with van der Waals surface area (Å²) in [6, 6.07) is 13.9. The monoisotopic (exact) mass is 366 g/mol. The van der Waals surface area contributed by atoms with Gasteiger partial charge in [0, 0.05) is 28.4 Å². The number of aromatic nitrogens is 4. The molecule has 0 aliphatic heterocycles. The first-order valence-electron chi connectivity index (χ1n) is 7.66. The summed E-state index contributed by atoms with van der Waals surface area (Å²) in [6.07, 6.45) is 3.26. The van der Waals surface area contributed by atoms with Gasteiger partial charge in [-0.05, 0) is 30.3 Å². The Balaban J connectivity index is 1.70. The first kappa shape index (κ1) is 16.2. The molecule has 0 aliphatic rings. The average Bonchev–Trinajstić information content (AvgIpc) is 3.10. The molecule has 0 unspecified atom stereocenters. The van der Waals surface area contributed by atoms with E-state index in [2.05, 4.69) is 25.3 Å². The van der Waals surface area contributed by atoms with Crippen molar-refractivity contribution < 1.29 is 8.42 Å². The number of nitrogens with one attached hydrogen (secondary N) is 2. The Morgan fingerprint density at radius 1 is 1.04 bits per heavy atom. The van der Waals surface area contributed by atoms with Crippen LogP contribution in [-0.2, 0) is 10.0 Å². The van der Waals surface area contributed by atoms with Gasteiger partial charge < -0.3 is 10.3 Å². The van der Waals surface area contributed by atoms with Crippen molar-refractivity contribution in [1.29, 1.82) is 0 Å². The Bertz CT molecular complexity index is 1200. The van der Waals surface area contributed by atoms with Crippen LogP contribution in [0, 0.1) is 0 Å². The van der Waals surface area contributed by atoms with Crippen LogP contribution >= 0.6 is 0 Å². The van der Waals surface area contributed by atoms with E-state index in [0.29, 0.717) is 17.5 Å². The largest absolute Gasteiger partial charge is 0.361 e. The van der Waals surface area contributed by atoms with Gasteiger partial charge in [0.2, 0.25) is 16.0 Å². The molecule has 8 nitrogen and oxygen atoms in total. The lowest BCUT2D eigenvalue weighted by atomic mass is 10.1. The van der Waals surface area contributed by atoms with Gasteiger partial charge in [-0.1, -0.05) is 18.2 Å². The van der Waals surface area contributed by atoms with Gasteiger partial charge in [-0.25, -0.2) is 23.5 Å². The summed E-state index contributed by atoms with van der Waals surface area (Å²) in [4.78, 5) is 15.9. The van der Waals surface area contributed by atoms with Gasteiger partial charge in [0.15, 0.2) is 5.82 Å². The number of nitrogens with zero attached hydrogens (tertiary/aromatic N) is 3. The molecule has 4 aromatic rings. The van der Waals surface area contributed by atoms with E-state index in [4.69, 9.17) is 5.14 Å². The lowest BCUT2D eigenvalue weighted by Crippen LogP contribution is -2.12. The molecule has 0 fully saturated rings. The molecule has 0 saturated heterocycles. The summed E-state index contributed by atoms with van der Waals surface area (Å²) in [5.74, 6) is 0.810. The highest BCUT2D eigenvalue weighted by Gasteiger charge is 2.11. The smallest absolute Gasteiger partial charge is 0.238 e. The zero-order valence-corrected chi connectivity index (χ0v) is 14.2. The fourth-order valence-corrected chi connectivity index (χ4v) is 3.21. The van der Waals surface area contributed by atoms with Gasteiger partial charge in [-0.2, -0.15) is 4.98 Å². The second-order valence-corrected chi connectivity index (χ2v) is 7.14. The molecule has 4 N–H and O–H groups in total. The van der Waals surface area contributed by atoms with Gasteiger partial charge in [0.1, 0.15) is 6.33 Å². The number of anilines is 2. The zero-order chi connectivity index (χ0) is 18.1. The number of primary sulfonamides is 1. The molecule has 0 radical (unpaired) electrons. The molecule has 130 valence electrons. The normalized spacial score (nSPS) is 11.6. The Labute approximate surface area is 149 Å². The van der Waals surface area contributed by atoms with E-state index in [1.807, 2.05) is 30.5 Å². The van der Waals surface area contributed by atoms with E-state index in [0.717, 1.165) is 16.5 Å². The van der Waals surface area contributed by atoms with Gasteiger partial charge in [0.25, 0.3) is 0 Å². The standard InChI is InChI=1S/C17H14N6O2S/c18-26(24,25)12-4-1-3-11(9-12)22-17-21-10-20-16(23-17)14-5-2-6-15-13(14)7-8-19-15/h1-10,19H,(H2,18,24,25)(H,20,21,22,23). The fourth-order valence-electron chi connectivity index (χ4n) is 2.65. The number of H-pyrrole nitrogens is 1. The van der Waals surface area contributed by atoms with Crippen LogP contribution in [0.5, 0.6) is 0 Å². The van der Waals surface area contributed by atoms with Crippen LogP contribution in [0.4, 0.5) is 11.6 Å². The zero-order valence-electron chi connectivity index (χ0n) is 13.4. The van der Waals surface area contributed by atoms with E-state index in [1.54, 1.807) is 12.1 Å². The quantitative estimate of drug-likeness (QED) is 0.509. The number of hydrogen-bond acceptors (Lipinski definition) is 6. The SMILES string of the molecule is NS(=O)(=O)c1cccc(Nc2ncnc(-c3cccc4[nH]ccc34)n2)c1. The van der Waals surface area contributed by atoms with E-state index in [-0.39, 0.29) is 4.90 Å². The second kappa shape index (κ2) is 6.21. The highest BCUT2D eigenvalue weighted by molar-refractivity contribution is 7.89. The number of nitrogens with two attached hydrogens (primary N) is 1. The van der Waals surface area contributed by atoms with Gasteiger partial charge >= 0.3 is 0 Å². The number of benzene rings is 2. The van der Waals surface area contributed by atoms with Crippen molar-refractivity contribution in [1.82, 2.24) is 19.9 Å². The van der Waals surface area contributed by atoms with Gasteiger partial charge in [0.05, 0.1) is 4.90 Å². The molecule has 0 amide bonds. The number of fused-ring (bicyclic) bond motifs is 1. The first-order chi connectivity index (χ1) is 12.5. The van der Waals surface area contributed by atoms with Gasteiger partial charge in [-0.15, -0.1) is 0 Å². The lowest BCUT2D eigenvalue weighted by molar-refractivity contribution is 0.598. The molecular formula is C17H14N6O2S. The third-order valence-electron chi connectivity index (χ3n) is 3.83.